The van der Waals surface area contributed by atoms with Crippen LogP contribution in [0.3, 0.4) is 0 Å². The summed E-state index contributed by atoms with van der Waals surface area (Å²) in [5.74, 6) is -0.402. The van der Waals surface area contributed by atoms with Crippen LogP contribution in [-0.2, 0) is 26.6 Å². The van der Waals surface area contributed by atoms with Gasteiger partial charge in [-0.1, -0.05) is 6.58 Å². The minimum atomic E-state index is -3.09. The molecule has 0 spiro atoms. The number of rotatable bonds is 15. The molecule has 0 amide bonds. The smallest absolute Gasteiger partial charge is 0.462 e. The van der Waals surface area contributed by atoms with Crippen molar-refractivity contribution >= 4 is 39.7 Å². The first-order valence-electron chi connectivity index (χ1n) is 10.5. The topological polar surface area (TPSA) is 83.5 Å². The lowest BCUT2D eigenvalue weighted by molar-refractivity contribution is -0.139. The molecular weight excluding hydrogens is 453 g/mol. The monoisotopic (exact) mass is 496 g/mol. The van der Waals surface area contributed by atoms with Gasteiger partial charge in [0.05, 0.1) is 19.3 Å². The summed E-state index contributed by atoms with van der Waals surface area (Å²) in [6.07, 6.45) is -0.199. The van der Waals surface area contributed by atoms with Gasteiger partial charge >= 0.3 is 14.8 Å². The third-order valence-corrected chi connectivity index (χ3v) is 15.2. The Hall–Kier alpha value is -0.122. The molecule has 0 fully saturated rings. The van der Waals surface area contributed by atoms with Gasteiger partial charge in [0, 0.05) is 24.6 Å². The summed E-state index contributed by atoms with van der Waals surface area (Å²) in [6.45, 7) is 25.0. The summed E-state index contributed by atoms with van der Waals surface area (Å²) in [7, 11) is -9.03. The van der Waals surface area contributed by atoms with Gasteiger partial charge in [0.1, 0.15) is 0 Å². The summed E-state index contributed by atoms with van der Waals surface area (Å²) in [5.41, 5.74) is 0.375. The molecule has 0 heterocycles. The van der Waals surface area contributed by atoms with E-state index in [2.05, 4.69) is 65.5 Å². The van der Waals surface area contributed by atoms with Crippen molar-refractivity contribution in [2.75, 3.05) is 19.8 Å². The Morgan fingerprint density at radius 3 is 1.67 bits per heavy atom. The maximum atomic E-state index is 11.4. The highest BCUT2D eigenvalue weighted by Crippen LogP contribution is 2.30. The van der Waals surface area contributed by atoms with E-state index in [4.69, 9.17) is 21.8 Å². The van der Waals surface area contributed by atoms with Crippen LogP contribution < -0.4 is 0 Å². The number of esters is 1. The molecule has 0 aliphatic heterocycles. The fraction of sp³-hybridized carbons (Fsp3) is 0.842. The summed E-state index contributed by atoms with van der Waals surface area (Å²) in [4.78, 5) is 11.4. The number of hydrogen-bond acceptors (Lipinski definition) is 7. The van der Waals surface area contributed by atoms with Crippen LogP contribution in [0.2, 0.25) is 65.0 Å². The first-order valence-corrected chi connectivity index (χ1v) is 22.7. The van der Waals surface area contributed by atoms with Crippen molar-refractivity contribution in [2.45, 2.75) is 84.4 Å². The largest absolute Gasteiger partial charge is 0.472 e. The third-order valence-electron chi connectivity index (χ3n) is 3.20. The predicted molar refractivity (Wildman–Crippen MR) is 131 cm³/mol. The van der Waals surface area contributed by atoms with Crippen LogP contribution in [0.1, 0.15) is 13.3 Å². The standard InChI is InChI=1S/C19H44O7Si4/c1-17(2)19(21)23-14-12-13-22-15-18(20)16-30(24-27(3,4)5,25-28(6,7)8)26-29(9,10)11/h18,20H,1,12-16H2,2-11H3. The van der Waals surface area contributed by atoms with Crippen molar-refractivity contribution in [1.29, 1.82) is 0 Å². The molecule has 0 aromatic carbocycles. The zero-order valence-corrected chi connectivity index (χ0v) is 24.7. The van der Waals surface area contributed by atoms with Crippen molar-refractivity contribution in [3.63, 3.8) is 0 Å². The number of carbonyl (C=O) groups excluding carboxylic acids is 1. The van der Waals surface area contributed by atoms with E-state index in [-0.39, 0.29) is 13.2 Å². The molecule has 0 saturated carbocycles. The second-order valence-corrected chi connectivity index (χ2v) is 27.4. The molecule has 1 unspecified atom stereocenters. The molecule has 0 aliphatic carbocycles. The summed E-state index contributed by atoms with van der Waals surface area (Å²) in [5, 5.41) is 10.7. The SMILES string of the molecule is C=C(C)C(=O)OCCCOCC(O)C[Si](O[Si](C)(C)C)(O[Si](C)(C)C)O[Si](C)(C)C. The van der Waals surface area contributed by atoms with Gasteiger partial charge < -0.3 is 26.9 Å². The molecule has 0 aliphatic rings. The Balaban J connectivity index is 4.98. The quantitative estimate of drug-likeness (QED) is 0.156. The summed E-state index contributed by atoms with van der Waals surface area (Å²) < 4.78 is 30.3. The van der Waals surface area contributed by atoms with Gasteiger partial charge in [0.15, 0.2) is 25.0 Å². The molecule has 11 heteroatoms. The Bertz CT molecular complexity index is 510. The van der Waals surface area contributed by atoms with Crippen LogP contribution in [0.4, 0.5) is 0 Å². The van der Waals surface area contributed by atoms with Crippen LogP contribution in [0, 0.1) is 0 Å². The zero-order valence-electron chi connectivity index (χ0n) is 20.7. The second-order valence-electron chi connectivity index (χ2n) is 10.5. The molecule has 0 bridgehead atoms. The molecule has 0 radical (unpaired) electrons. The molecule has 7 nitrogen and oxygen atoms in total. The van der Waals surface area contributed by atoms with E-state index in [1.807, 2.05) is 0 Å². The second kappa shape index (κ2) is 12.2. The van der Waals surface area contributed by atoms with Crippen molar-refractivity contribution in [1.82, 2.24) is 0 Å². The number of aliphatic hydroxyl groups excluding tert-OH is 1. The van der Waals surface area contributed by atoms with Crippen LogP contribution >= 0.6 is 0 Å². The van der Waals surface area contributed by atoms with Crippen molar-refractivity contribution in [3.05, 3.63) is 12.2 Å². The lowest BCUT2D eigenvalue weighted by Gasteiger charge is -2.43. The van der Waals surface area contributed by atoms with E-state index >= 15 is 0 Å². The van der Waals surface area contributed by atoms with Crippen molar-refractivity contribution in [2.24, 2.45) is 0 Å². The molecule has 0 rings (SSSR count). The van der Waals surface area contributed by atoms with Crippen molar-refractivity contribution in [3.8, 4) is 0 Å². The van der Waals surface area contributed by atoms with Crippen LogP contribution in [0.25, 0.3) is 0 Å². The number of hydrogen-bond donors (Lipinski definition) is 1. The van der Waals surface area contributed by atoms with E-state index < -0.39 is 45.8 Å². The Morgan fingerprint density at radius 2 is 1.30 bits per heavy atom. The van der Waals surface area contributed by atoms with Gasteiger partial charge in [-0.3, -0.25) is 0 Å². The van der Waals surface area contributed by atoms with Gasteiger partial charge in [-0.25, -0.2) is 4.79 Å². The lowest BCUT2D eigenvalue weighted by Crippen LogP contribution is -2.61. The molecular formula is C19H44O7Si4. The van der Waals surface area contributed by atoms with E-state index in [1.165, 1.54) is 0 Å². The molecule has 178 valence electrons. The molecule has 0 aromatic rings. The normalized spacial score (nSPS) is 14.5. The number of ether oxygens (including phenoxy) is 2. The lowest BCUT2D eigenvalue weighted by atomic mass is 10.4. The average Bonchev–Trinajstić information content (AvgIpc) is 2.44. The summed E-state index contributed by atoms with van der Waals surface area (Å²) >= 11 is 0. The minimum absolute atomic E-state index is 0.155. The van der Waals surface area contributed by atoms with E-state index in [0.717, 1.165) is 0 Å². The highest BCUT2D eigenvalue weighted by molar-refractivity contribution is 6.90. The Labute approximate surface area is 187 Å². The van der Waals surface area contributed by atoms with Crippen LogP contribution in [0.15, 0.2) is 12.2 Å². The molecule has 1 N–H and O–H groups in total. The number of carbonyl (C=O) groups is 1. The molecule has 0 saturated heterocycles. The van der Waals surface area contributed by atoms with Gasteiger partial charge in [0.25, 0.3) is 0 Å². The molecule has 0 aromatic heterocycles. The first kappa shape index (κ1) is 29.9. The fourth-order valence-corrected chi connectivity index (χ4v) is 17.1. The maximum absolute atomic E-state index is 11.4. The van der Waals surface area contributed by atoms with Gasteiger partial charge in [-0.2, -0.15) is 0 Å². The first-order chi connectivity index (χ1) is 13.3. The highest BCUT2D eigenvalue weighted by Gasteiger charge is 2.51. The van der Waals surface area contributed by atoms with E-state index in [9.17, 15) is 9.90 Å². The average molecular weight is 497 g/mol. The Kier molecular flexibility index (Phi) is 12.2. The van der Waals surface area contributed by atoms with E-state index in [0.29, 0.717) is 24.6 Å². The van der Waals surface area contributed by atoms with Gasteiger partial charge in [0.2, 0.25) is 0 Å². The summed E-state index contributed by atoms with van der Waals surface area (Å²) in [6, 6.07) is 0.316. The Morgan fingerprint density at radius 1 is 0.867 bits per heavy atom. The highest BCUT2D eigenvalue weighted by atomic mass is 28.5. The molecule has 30 heavy (non-hydrogen) atoms. The van der Waals surface area contributed by atoms with Crippen LogP contribution in [-0.4, -0.2) is 70.8 Å². The zero-order chi connectivity index (χ0) is 23.8. The minimum Gasteiger partial charge on any atom is -0.462 e. The fourth-order valence-electron chi connectivity index (χ4n) is 2.60. The third kappa shape index (κ3) is 15.6. The van der Waals surface area contributed by atoms with Crippen LogP contribution in [0.5, 0.6) is 0 Å². The van der Waals surface area contributed by atoms with Gasteiger partial charge in [-0.05, 0) is 65.8 Å². The molecule has 1 atom stereocenters. The van der Waals surface area contributed by atoms with E-state index in [1.54, 1.807) is 6.92 Å². The van der Waals surface area contributed by atoms with Crippen molar-refractivity contribution < 1.29 is 31.7 Å². The number of aliphatic hydroxyl groups is 1. The van der Waals surface area contributed by atoms with Gasteiger partial charge in [-0.15, -0.1) is 0 Å². The maximum Gasteiger partial charge on any atom is 0.472 e. The predicted octanol–water partition coefficient (Wildman–Crippen LogP) is 4.37.